The van der Waals surface area contributed by atoms with Gasteiger partial charge in [0, 0.05) is 7.05 Å². The van der Waals surface area contributed by atoms with E-state index in [0.29, 0.717) is 5.57 Å². The third kappa shape index (κ3) is 3.61. The molecule has 0 saturated carbocycles. The molecule has 1 rings (SSSR count). The van der Waals surface area contributed by atoms with Crippen molar-refractivity contribution in [3.05, 3.63) is 52.9 Å². The molecule has 0 aliphatic carbocycles. The molecule has 0 heterocycles. The van der Waals surface area contributed by atoms with Gasteiger partial charge in [0.1, 0.15) is 5.82 Å². The molecule has 0 saturated heterocycles. The normalized spacial score (nSPS) is 12.9. The summed E-state index contributed by atoms with van der Waals surface area (Å²) in [7, 11) is 1.66. The molecule has 1 aromatic rings. The van der Waals surface area contributed by atoms with Gasteiger partial charge in [-0.05, 0) is 24.5 Å². The Bertz CT molecular complexity index is 513. The molecule has 0 atom stereocenters. The zero-order valence-corrected chi connectivity index (χ0v) is 11.7. The van der Waals surface area contributed by atoms with E-state index in [9.17, 15) is 4.79 Å². The fourth-order valence-electron chi connectivity index (χ4n) is 1.84. The number of allylic oxidation sites excluding steroid dienone is 1. The van der Waals surface area contributed by atoms with E-state index in [1.54, 1.807) is 7.05 Å². The van der Waals surface area contributed by atoms with Crippen molar-refractivity contribution < 1.29 is 4.79 Å². The summed E-state index contributed by atoms with van der Waals surface area (Å²) >= 11 is 0. The molecule has 0 aromatic heterocycles. The maximum absolute atomic E-state index is 11.7. The number of amides is 1. The monoisotopic (exact) mass is 259 g/mol. The Morgan fingerprint density at radius 2 is 1.84 bits per heavy atom. The zero-order valence-electron chi connectivity index (χ0n) is 11.7. The number of aryl methyl sites for hydroxylation is 1. The van der Waals surface area contributed by atoms with Crippen molar-refractivity contribution >= 4 is 11.5 Å². The average molecular weight is 259 g/mol. The molecule has 0 fully saturated rings. The minimum absolute atomic E-state index is 0.285. The SMILES string of the molecule is CC/C=C(/C(C(N)=O)=C(/N)NC)c1ccc(C)cc1. The average Bonchev–Trinajstić information content (AvgIpc) is 2.38. The molecular formula is C15H21N3O. The van der Waals surface area contributed by atoms with Gasteiger partial charge in [0.2, 0.25) is 0 Å². The van der Waals surface area contributed by atoms with Crippen molar-refractivity contribution in [2.24, 2.45) is 11.5 Å². The molecule has 0 unspecified atom stereocenters. The number of benzene rings is 1. The standard InChI is InChI=1S/C15H21N3O/c1-4-5-12(11-8-6-10(2)7-9-11)13(15(17)19)14(16)18-3/h5-9,18H,4,16H2,1-3H3,(H2,17,19)/b12-5+,14-13+. The van der Waals surface area contributed by atoms with E-state index in [2.05, 4.69) is 5.32 Å². The number of carbonyl (C=O) groups is 1. The van der Waals surface area contributed by atoms with Crippen LogP contribution in [0.25, 0.3) is 5.57 Å². The lowest BCUT2D eigenvalue weighted by atomic mass is 9.95. The maximum atomic E-state index is 11.7. The van der Waals surface area contributed by atoms with E-state index in [0.717, 1.165) is 23.1 Å². The van der Waals surface area contributed by atoms with Gasteiger partial charge in [0.25, 0.3) is 5.91 Å². The summed E-state index contributed by atoms with van der Waals surface area (Å²) in [6.07, 6.45) is 2.74. The Labute approximate surface area is 114 Å². The molecule has 0 spiro atoms. The van der Waals surface area contributed by atoms with Crippen LogP contribution in [0.4, 0.5) is 0 Å². The van der Waals surface area contributed by atoms with E-state index < -0.39 is 5.91 Å². The van der Waals surface area contributed by atoms with E-state index >= 15 is 0 Å². The lowest BCUT2D eigenvalue weighted by Gasteiger charge is -2.13. The first-order valence-electron chi connectivity index (χ1n) is 6.26. The second-order valence-electron chi connectivity index (χ2n) is 4.29. The van der Waals surface area contributed by atoms with Crippen LogP contribution in [-0.2, 0) is 4.79 Å². The van der Waals surface area contributed by atoms with E-state index in [4.69, 9.17) is 11.5 Å². The number of hydrogen-bond acceptors (Lipinski definition) is 3. The Hall–Kier alpha value is -2.23. The van der Waals surface area contributed by atoms with Crippen LogP contribution in [0.15, 0.2) is 41.7 Å². The van der Waals surface area contributed by atoms with Crippen LogP contribution in [0.1, 0.15) is 24.5 Å². The predicted octanol–water partition coefficient (Wildman–Crippen LogP) is 1.66. The minimum atomic E-state index is -0.535. The van der Waals surface area contributed by atoms with Crippen LogP contribution in [-0.4, -0.2) is 13.0 Å². The van der Waals surface area contributed by atoms with Crippen LogP contribution in [0.3, 0.4) is 0 Å². The topological polar surface area (TPSA) is 81.1 Å². The van der Waals surface area contributed by atoms with Gasteiger partial charge in [-0.3, -0.25) is 4.79 Å². The molecule has 1 aromatic carbocycles. The van der Waals surface area contributed by atoms with Gasteiger partial charge in [0.05, 0.1) is 5.57 Å². The van der Waals surface area contributed by atoms with Gasteiger partial charge in [0.15, 0.2) is 0 Å². The van der Waals surface area contributed by atoms with Gasteiger partial charge in [-0.2, -0.15) is 0 Å². The van der Waals surface area contributed by atoms with Crippen LogP contribution >= 0.6 is 0 Å². The summed E-state index contributed by atoms with van der Waals surface area (Å²) in [4.78, 5) is 11.7. The highest BCUT2D eigenvalue weighted by molar-refractivity contribution is 6.08. The van der Waals surface area contributed by atoms with Crippen LogP contribution in [0.2, 0.25) is 0 Å². The first-order valence-corrected chi connectivity index (χ1v) is 6.26. The number of rotatable bonds is 5. The highest BCUT2D eigenvalue weighted by Gasteiger charge is 2.16. The first-order chi connectivity index (χ1) is 9.01. The van der Waals surface area contributed by atoms with Crippen molar-refractivity contribution in [2.75, 3.05) is 7.05 Å². The fourth-order valence-corrected chi connectivity index (χ4v) is 1.84. The Morgan fingerprint density at radius 3 is 2.26 bits per heavy atom. The van der Waals surface area contributed by atoms with Gasteiger partial charge >= 0.3 is 0 Å². The highest BCUT2D eigenvalue weighted by atomic mass is 16.1. The van der Waals surface area contributed by atoms with Crippen molar-refractivity contribution in [3.8, 4) is 0 Å². The maximum Gasteiger partial charge on any atom is 0.252 e. The molecule has 0 radical (unpaired) electrons. The second-order valence-corrected chi connectivity index (χ2v) is 4.29. The summed E-state index contributed by atoms with van der Waals surface area (Å²) in [5.41, 5.74) is 14.5. The van der Waals surface area contributed by atoms with Crippen LogP contribution < -0.4 is 16.8 Å². The number of carbonyl (C=O) groups excluding carboxylic acids is 1. The smallest absolute Gasteiger partial charge is 0.252 e. The van der Waals surface area contributed by atoms with Crippen molar-refractivity contribution in [3.63, 3.8) is 0 Å². The van der Waals surface area contributed by atoms with E-state index in [1.807, 2.05) is 44.2 Å². The first kappa shape index (κ1) is 14.8. The van der Waals surface area contributed by atoms with Crippen LogP contribution in [0.5, 0.6) is 0 Å². The van der Waals surface area contributed by atoms with E-state index in [1.165, 1.54) is 0 Å². The number of nitrogens with two attached hydrogens (primary N) is 2. The van der Waals surface area contributed by atoms with Crippen molar-refractivity contribution in [1.29, 1.82) is 0 Å². The summed E-state index contributed by atoms with van der Waals surface area (Å²) in [5.74, 6) is -0.250. The molecule has 0 aliphatic rings. The molecule has 5 N–H and O–H groups in total. The molecular weight excluding hydrogens is 238 g/mol. The van der Waals surface area contributed by atoms with Gasteiger partial charge < -0.3 is 16.8 Å². The molecule has 19 heavy (non-hydrogen) atoms. The lowest BCUT2D eigenvalue weighted by molar-refractivity contribution is -0.114. The van der Waals surface area contributed by atoms with E-state index in [-0.39, 0.29) is 5.82 Å². The van der Waals surface area contributed by atoms with Gasteiger partial charge in [-0.1, -0.05) is 42.8 Å². The summed E-state index contributed by atoms with van der Waals surface area (Å²) in [6.45, 7) is 4.02. The van der Waals surface area contributed by atoms with Gasteiger partial charge in [-0.25, -0.2) is 0 Å². The number of nitrogens with one attached hydrogen (secondary N) is 1. The number of hydrogen-bond donors (Lipinski definition) is 3. The third-order valence-corrected chi connectivity index (χ3v) is 2.83. The van der Waals surface area contributed by atoms with Crippen LogP contribution in [0, 0.1) is 6.92 Å². The molecule has 4 heteroatoms. The third-order valence-electron chi connectivity index (χ3n) is 2.83. The fraction of sp³-hybridized carbons (Fsp3) is 0.267. The predicted molar refractivity (Wildman–Crippen MR) is 78.9 cm³/mol. The zero-order chi connectivity index (χ0) is 14.4. The Kier molecular flexibility index (Phi) is 5.18. The van der Waals surface area contributed by atoms with Gasteiger partial charge in [-0.15, -0.1) is 0 Å². The second kappa shape index (κ2) is 6.64. The Balaban J connectivity index is 3.39. The summed E-state index contributed by atoms with van der Waals surface area (Å²) < 4.78 is 0. The molecule has 0 bridgehead atoms. The van der Waals surface area contributed by atoms with Crippen molar-refractivity contribution in [1.82, 2.24) is 5.32 Å². The molecule has 0 aliphatic heterocycles. The number of primary amides is 1. The molecule has 102 valence electrons. The highest BCUT2D eigenvalue weighted by Crippen LogP contribution is 2.24. The molecule has 1 amide bonds. The summed E-state index contributed by atoms with van der Waals surface area (Å²) in [6, 6.07) is 7.91. The Morgan fingerprint density at radius 1 is 1.26 bits per heavy atom. The summed E-state index contributed by atoms with van der Waals surface area (Å²) in [5, 5.41) is 2.78. The lowest BCUT2D eigenvalue weighted by Crippen LogP contribution is -2.26. The quantitative estimate of drug-likeness (QED) is 0.555. The minimum Gasteiger partial charge on any atom is -0.385 e. The van der Waals surface area contributed by atoms with Crippen molar-refractivity contribution in [2.45, 2.75) is 20.3 Å². The largest absolute Gasteiger partial charge is 0.385 e. The molecule has 4 nitrogen and oxygen atoms in total.